The largest absolute Gasteiger partial charge is 0.457 e. The number of ether oxygens (including phenoxy) is 3. The summed E-state index contributed by atoms with van der Waals surface area (Å²) in [6.45, 7) is 5.30. The van der Waals surface area contributed by atoms with E-state index in [2.05, 4.69) is 22.1 Å². The van der Waals surface area contributed by atoms with Crippen LogP contribution in [0.25, 0.3) is 0 Å². The number of benzene rings is 4. The van der Waals surface area contributed by atoms with Gasteiger partial charge in [0.1, 0.15) is 11.5 Å². The van der Waals surface area contributed by atoms with Crippen LogP contribution in [0.2, 0.25) is 0 Å². The molecule has 1 fully saturated rings. The molecular formula is C35H37N3O5. The highest BCUT2D eigenvalue weighted by Gasteiger charge is 2.32. The molecule has 0 saturated carbocycles. The summed E-state index contributed by atoms with van der Waals surface area (Å²) in [7, 11) is 2.04. The first kappa shape index (κ1) is 30.0. The molecule has 8 heteroatoms. The zero-order chi connectivity index (χ0) is 30.0. The molecule has 3 atom stereocenters. The minimum absolute atomic E-state index is 0.00609. The lowest BCUT2D eigenvalue weighted by Crippen LogP contribution is -2.37. The molecule has 0 aliphatic carbocycles. The van der Waals surface area contributed by atoms with Crippen molar-refractivity contribution in [2.45, 2.75) is 31.5 Å². The predicted octanol–water partition coefficient (Wildman–Crippen LogP) is 7.28. The molecule has 43 heavy (non-hydrogen) atoms. The van der Waals surface area contributed by atoms with Crippen molar-refractivity contribution in [3.63, 3.8) is 0 Å². The van der Waals surface area contributed by atoms with Gasteiger partial charge >= 0.3 is 6.03 Å². The summed E-state index contributed by atoms with van der Waals surface area (Å²) in [4.78, 5) is 15.0. The van der Waals surface area contributed by atoms with Crippen LogP contribution in [0.1, 0.15) is 35.5 Å². The van der Waals surface area contributed by atoms with Gasteiger partial charge in [-0.05, 0) is 66.7 Å². The monoisotopic (exact) mass is 579 g/mol. The van der Waals surface area contributed by atoms with Crippen LogP contribution in [-0.2, 0) is 16.1 Å². The number of hydrogen-bond donors (Lipinski definition) is 3. The van der Waals surface area contributed by atoms with E-state index in [1.807, 2.05) is 92.0 Å². The first-order valence-corrected chi connectivity index (χ1v) is 14.3. The van der Waals surface area contributed by atoms with Crippen molar-refractivity contribution < 1.29 is 24.1 Å². The normalized spacial score (nSPS) is 18.2. The van der Waals surface area contributed by atoms with Crippen molar-refractivity contribution in [3.05, 3.63) is 132 Å². The summed E-state index contributed by atoms with van der Waals surface area (Å²) < 4.78 is 18.7. The summed E-state index contributed by atoms with van der Waals surface area (Å²) in [5.41, 5.74) is 3.92. The van der Waals surface area contributed by atoms with Crippen molar-refractivity contribution >= 4 is 17.4 Å². The van der Waals surface area contributed by atoms with Gasteiger partial charge < -0.3 is 34.9 Å². The number of aliphatic hydroxyl groups excluding tert-OH is 1. The van der Waals surface area contributed by atoms with Crippen molar-refractivity contribution in [1.82, 2.24) is 4.90 Å². The Hall–Kier alpha value is -4.47. The van der Waals surface area contributed by atoms with E-state index in [9.17, 15) is 9.90 Å². The Balaban J connectivity index is 1.24. The van der Waals surface area contributed by atoms with E-state index in [1.165, 1.54) is 0 Å². The Morgan fingerprint density at radius 2 is 1.63 bits per heavy atom. The third-order valence-electron chi connectivity index (χ3n) is 7.08. The molecule has 1 aliphatic rings. The number of para-hydroxylation sites is 1. The van der Waals surface area contributed by atoms with Crippen LogP contribution in [0.15, 0.2) is 116 Å². The molecule has 5 rings (SSSR count). The highest BCUT2D eigenvalue weighted by Crippen LogP contribution is 2.38. The molecule has 3 N–H and O–H groups in total. The summed E-state index contributed by atoms with van der Waals surface area (Å²) >= 11 is 0. The highest BCUT2D eigenvalue weighted by molar-refractivity contribution is 5.99. The van der Waals surface area contributed by atoms with Gasteiger partial charge in [0.25, 0.3) is 0 Å². The summed E-state index contributed by atoms with van der Waals surface area (Å²) in [6, 6.07) is 31.6. The van der Waals surface area contributed by atoms with Gasteiger partial charge in [-0.3, -0.25) is 0 Å². The molecule has 8 nitrogen and oxygen atoms in total. The molecular weight excluding hydrogens is 542 g/mol. The topological polar surface area (TPSA) is 92.3 Å². The fourth-order valence-corrected chi connectivity index (χ4v) is 4.96. The van der Waals surface area contributed by atoms with Crippen LogP contribution in [0, 0.1) is 0 Å². The number of aliphatic hydroxyl groups is 1. The van der Waals surface area contributed by atoms with E-state index in [0.717, 1.165) is 29.0 Å². The molecule has 0 unspecified atom stereocenters. The SMILES string of the molecule is C=CCN(C)C[C@@H]1C[C@H](c2ccc(CO)cc2)O[C@H](c2cccc(NC(=O)Nc3ccc(Oc4ccccc4)cc3)c2)O1. The molecule has 0 bridgehead atoms. The fraction of sp³-hybridized carbons (Fsp3) is 0.229. The zero-order valence-corrected chi connectivity index (χ0v) is 24.2. The average Bonchev–Trinajstić information content (AvgIpc) is 3.02. The summed E-state index contributed by atoms with van der Waals surface area (Å²) in [5.74, 6) is 1.42. The smallest absolute Gasteiger partial charge is 0.323 e. The van der Waals surface area contributed by atoms with Crippen LogP contribution >= 0.6 is 0 Å². The Kier molecular flexibility index (Phi) is 10.2. The maximum atomic E-state index is 12.8. The lowest BCUT2D eigenvalue weighted by atomic mass is 9.99. The number of amides is 2. The molecule has 0 radical (unpaired) electrons. The van der Waals surface area contributed by atoms with Crippen molar-refractivity contribution in [2.75, 3.05) is 30.8 Å². The van der Waals surface area contributed by atoms with Gasteiger partial charge in [-0.15, -0.1) is 6.58 Å². The van der Waals surface area contributed by atoms with Crippen molar-refractivity contribution in [2.24, 2.45) is 0 Å². The van der Waals surface area contributed by atoms with E-state index in [1.54, 1.807) is 24.3 Å². The second-order valence-corrected chi connectivity index (χ2v) is 10.5. The van der Waals surface area contributed by atoms with E-state index >= 15 is 0 Å². The molecule has 4 aromatic rings. The standard InChI is InChI=1S/C35H37N3O5/c1-3-20-38(2)23-32-22-33(26-14-12-25(24-39)13-15-26)43-34(42-32)27-8-7-9-29(21-27)37-35(40)36-28-16-18-31(19-17-28)41-30-10-5-4-6-11-30/h3-19,21,32-34,39H,1,20,22-24H2,2H3,(H2,36,37,40)/t32-,33+,34+/m0/s1. The van der Waals surface area contributed by atoms with E-state index < -0.39 is 6.29 Å². The lowest BCUT2D eigenvalue weighted by molar-refractivity contribution is -0.252. The number of nitrogens with one attached hydrogen (secondary N) is 2. The van der Waals surface area contributed by atoms with Crippen LogP contribution in [0.4, 0.5) is 16.2 Å². The number of nitrogens with zero attached hydrogens (tertiary/aromatic N) is 1. The number of anilines is 2. The van der Waals surface area contributed by atoms with Gasteiger partial charge in [0.05, 0.1) is 18.8 Å². The van der Waals surface area contributed by atoms with Crippen LogP contribution in [0.3, 0.4) is 0 Å². The Morgan fingerprint density at radius 1 is 0.907 bits per heavy atom. The van der Waals surface area contributed by atoms with Crippen LogP contribution in [-0.4, -0.2) is 42.3 Å². The number of carbonyl (C=O) groups excluding carboxylic acids is 1. The fourth-order valence-electron chi connectivity index (χ4n) is 4.96. The highest BCUT2D eigenvalue weighted by atomic mass is 16.7. The van der Waals surface area contributed by atoms with Crippen molar-refractivity contribution in [1.29, 1.82) is 0 Å². The first-order chi connectivity index (χ1) is 21.0. The molecule has 4 aromatic carbocycles. The quantitative estimate of drug-likeness (QED) is 0.162. The minimum Gasteiger partial charge on any atom is -0.457 e. The van der Waals surface area contributed by atoms with E-state index in [-0.39, 0.29) is 24.8 Å². The van der Waals surface area contributed by atoms with E-state index in [0.29, 0.717) is 30.1 Å². The van der Waals surface area contributed by atoms with Gasteiger partial charge in [-0.1, -0.05) is 60.7 Å². The number of rotatable bonds is 11. The number of urea groups is 1. The van der Waals surface area contributed by atoms with Crippen LogP contribution < -0.4 is 15.4 Å². The van der Waals surface area contributed by atoms with Crippen molar-refractivity contribution in [3.8, 4) is 11.5 Å². The maximum Gasteiger partial charge on any atom is 0.323 e. The molecule has 0 spiro atoms. The molecule has 1 heterocycles. The second kappa shape index (κ2) is 14.6. The molecule has 222 valence electrons. The Morgan fingerprint density at radius 3 is 2.35 bits per heavy atom. The average molecular weight is 580 g/mol. The lowest BCUT2D eigenvalue weighted by Gasteiger charge is -2.37. The second-order valence-electron chi connectivity index (χ2n) is 10.5. The Bertz CT molecular complexity index is 1480. The minimum atomic E-state index is -0.625. The van der Waals surface area contributed by atoms with Gasteiger partial charge in [0, 0.05) is 36.4 Å². The number of hydrogen-bond acceptors (Lipinski definition) is 6. The molecule has 1 saturated heterocycles. The summed E-state index contributed by atoms with van der Waals surface area (Å²) in [6.07, 6.45) is 1.66. The van der Waals surface area contributed by atoms with E-state index in [4.69, 9.17) is 14.2 Å². The predicted molar refractivity (Wildman–Crippen MR) is 168 cm³/mol. The van der Waals surface area contributed by atoms with Crippen LogP contribution in [0.5, 0.6) is 11.5 Å². The van der Waals surface area contributed by atoms with Gasteiger partial charge in [0.2, 0.25) is 0 Å². The zero-order valence-electron chi connectivity index (χ0n) is 24.2. The number of carbonyl (C=O) groups is 1. The molecule has 2 amide bonds. The number of likely N-dealkylation sites (N-methyl/N-ethyl adjacent to an activating group) is 1. The maximum absolute atomic E-state index is 12.8. The van der Waals surface area contributed by atoms with Gasteiger partial charge in [-0.2, -0.15) is 0 Å². The Labute approximate surface area is 252 Å². The first-order valence-electron chi connectivity index (χ1n) is 14.3. The molecule has 1 aliphatic heterocycles. The van der Waals surface area contributed by atoms with Gasteiger partial charge in [-0.25, -0.2) is 4.79 Å². The third kappa shape index (κ3) is 8.53. The molecule has 0 aromatic heterocycles. The summed E-state index contributed by atoms with van der Waals surface area (Å²) in [5, 5.41) is 15.2. The van der Waals surface area contributed by atoms with Gasteiger partial charge in [0.15, 0.2) is 6.29 Å². The third-order valence-corrected chi connectivity index (χ3v) is 7.08.